The van der Waals surface area contributed by atoms with E-state index in [0.717, 1.165) is 54.0 Å². The number of ether oxygens (including phenoxy) is 3. The van der Waals surface area contributed by atoms with E-state index < -0.39 is 23.9 Å². The van der Waals surface area contributed by atoms with E-state index in [9.17, 15) is 18.0 Å². The third-order valence-electron chi connectivity index (χ3n) is 9.13. The Balaban J connectivity index is 1.08. The number of halogens is 3. The van der Waals surface area contributed by atoms with Gasteiger partial charge < -0.3 is 24.4 Å². The molecule has 1 aromatic carbocycles. The molecule has 3 fully saturated rings. The molecule has 2 saturated heterocycles. The largest absolute Gasteiger partial charge is 0.491 e. The highest BCUT2D eigenvalue weighted by molar-refractivity contribution is 6.09. The Morgan fingerprint density at radius 2 is 1.79 bits per heavy atom. The summed E-state index contributed by atoms with van der Waals surface area (Å²) in [5, 5.41) is 4.86. The van der Waals surface area contributed by atoms with Crippen LogP contribution in [0.1, 0.15) is 81.9 Å². The minimum atomic E-state index is -4.10. The van der Waals surface area contributed by atoms with Gasteiger partial charge in [0.2, 0.25) is 0 Å². The van der Waals surface area contributed by atoms with Gasteiger partial charge in [0.25, 0.3) is 5.91 Å². The first-order valence-corrected chi connectivity index (χ1v) is 15.4. The fourth-order valence-electron chi connectivity index (χ4n) is 6.63. The van der Waals surface area contributed by atoms with Gasteiger partial charge in [-0.05, 0) is 113 Å². The molecule has 8 nitrogen and oxygen atoms in total. The summed E-state index contributed by atoms with van der Waals surface area (Å²) in [6.45, 7) is 9.92. The molecule has 1 aliphatic carbocycles. The molecule has 1 aromatic rings. The molecule has 1 amide bonds. The summed E-state index contributed by atoms with van der Waals surface area (Å²) in [6, 6.07) is 4.00. The molecule has 5 rings (SSSR count). The van der Waals surface area contributed by atoms with Crippen molar-refractivity contribution < 1.29 is 37.0 Å². The number of amides is 1. The summed E-state index contributed by atoms with van der Waals surface area (Å²) >= 11 is 0. The van der Waals surface area contributed by atoms with Crippen LogP contribution in [0.3, 0.4) is 0 Å². The topological polar surface area (TPSA) is 81.6 Å². The van der Waals surface area contributed by atoms with Gasteiger partial charge in [-0.1, -0.05) is 0 Å². The van der Waals surface area contributed by atoms with E-state index >= 15 is 0 Å². The first kappa shape index (κ1) is 31.8. The van der Waals surface area contributed by atoms with Crippen LogP contribution in [-0.2, 0) is 19.1 Å². The number of carbonyl (C=O) groups is 1. The van der Waals surface area contributed by atoms with Gasteiger partial charge in [0, 0.05) is 25.4 Å². The van der Waals surface area contributed by atoms with Crippen LogP contribution in [0.4, 0.5) is 13.2 Å². The lowest BCUT2D eigenvalue weighted by atomic mass is 9.79. The van der Waals surface area contributed by atoms with Crippen LogP contribution in [0.2, 0.25) is 0 Å². The van der Waals surface area contributed by atoms with Crippen molar-refractivity contribution in [3.05, 3.63) is 35.1 Å². The Kier molecular flexibility index (Phi) is 9.44. The van der Waals surface area contributed by atoms with Crippen LogP contribution < -0.4 is 10.1 Å². The second-order valence-electron chi connectivity index (χ2n) is 12.9. The lowest BCUT2D eigenvalue weighted by Gasteiger charge is -2.34. The second-order valence-corrected chi connectivity index (χ2v) is 12.9. The molecule has 3 aliphatic heterocycles. The summed E-state index contributed by atoms with van der Waals surface area (Å²) in [7, 11) is 0. The monoisotopic (exact) mass is 607 g/mol. The van der Waals surface area contributed by atoms with Crippen LogP contribution >= 0.6 is 0 Å². The Bertz CT molecular complexity index is 1190. The quantitative estimate of drug-likeness (QED) is 0.335. The Labute approximate surface area is 251 Å². The molecule has 11 heteroatoms. The van der Waals surface area contributed by atoms with Gasteiger partial charge in [-0.3, -0.25) is 9.79 Å². The number of hydrogen-bond acceptors (Lipinski definition) is 7. The Hall–Kier alpha value is -2.63. The van der Waals surface area contributed by atoms with Crippen LogP contribution in [-0.4, -0.2) is 66.7 Å². The number of aryl methyl sites for hydroxylation is 2. The van der Waals surface area contributed by atoms with E-state index in [1.54, 1.807) is 6.26 Å². The number of nitrogens with zero attached hydrogens (tertiary/aromatic N) is 2. The summed E-state index contributed by atoms with van der Waals surface area (Å²) in [4.78, 5) is 23.8. The first-order valence-electron chi connectivity index (χ1n) is 15.4. The van der Waals surface area contributed by atoms with Gasteiger partial charge in [0.05, 0.1) is 6.61 Å². The number of aliphatic imine (C=N–C) groups is 1. The number of carbonyl (C=O) groups excluding carboxylic acids is 1. The van der Waals surface area contributed by atoms with E-state index in [0.29, 0.717) is 39.1 Å². The third kappa shape index (κ3) is 8.10. The van der Waals surface area contributed by atoms with Crippen molar-refractivity contribution in [1.29, 1.82) is 0 Å². The number of benzene rings is 1. The van der Waals surface area contributed by atoms with Crippen LogP contribution in [0.15, 0.2) is 23.4 Å². The highest BCUT2D eigenvalue weighted by Crippen LogP contribution is 2.38. The van der Waals surface area contributed by atoms with E-state index in [1.807, 2.05) is 51.0 Å². The van der Waals surface area contributed by atoms with Gasteiger partial charge in [-0.25, -0.2) is 0 Å². The summed E-state index contributed by atoms with van der Waals surface area (Å²) < 4.78 is 55.2. The Morgan fingerprint density at radius 3 is 2.40 bits per heavy atom. The average Bonchev–Trinajstić information content (AvgIpc) is 3.46. The predicted molar refractivity (Wildman–Crippen MR) is 156 cm³/mol. The highest BCUT2D eigenvalue weighted by atomic mass is 19.4. The van der Waals surface area contributed by atoms with Gasteiger partial charge in [-0.15, -0.1) is 5.06 Å². The van der Waals surface area contributed by atoms with Gasteiger partial charge in [0.1, 0.15) is 36.1 Å². The van der Waals surface area contributed by atoms with Crippen molar-refractivity contribution in [2.75, 3.05) is 26.3 Å². The standard InChI is InChI=1S/C32H44F3N3O5/c1-21-17-25(40-19-26-20-41-30(3,4)43-26)18-22(2)27(21)10-16-42-38-14-12-31(13-15-38)29(39)36-28(37-31)24-7-5-23(6-8-24)9-11-32(33,34)35/h10,16-18,23-24,26H,5-9,11-15,19-20H2,1-4H3,(H,36,37,39)/b16-10+/t23?,24?,26-/m0/s1. The van der Waals surface area contributed by atoms with E-state index in [1.165, 1.54) is 0 Å². The van der Waals surface area contributed by atoms with Crippen molar-refractivity contribution in [3.63, 3.8) is 0 Å². The van der Waals surface area contributed by atoms with Crippen molar-refractivity contribution in [1.82, 2.24) is 10.4 Å². The average molecular weight is 608 g/mol. The maximum Gasteiger partial charge on any atom is 0.389 e. The molecule has 238 valence electrons. The lowest BCUT2D eigenvalue weighted by molar-refractivity contribution is -0.141. The second kappa shape index (κ2) is 12.8. The van der Waals surface area contributed by atoms with Crippen LogP contribution in [0, 0.1) is 25.7 Å². The fraction of sp³-hybridized carbons (Fsp3) is 0.688. The fourth-order valence-corrected chi connectivity index (χ4v) is 6.63. The normalized spacial score (nSPS) is 27.5. The maximum absolute atomic E-state index is 13.0. The molecule has 0 radical (unpaired) electrons. The van der Waals surface area contributed by atoms with Gasteiger partial charge >= 0.3 is 6.18 Å². The van der Waals surface area contributed by atoms with Crippen molar-refractivity contribution in [2.45, 2.75) is 103 Å². The summed E-state index contributed by atoms with van der Waals surface area (Å²) in [6.07, 6.45) is 3.03. The molecule has 43 heavy (non-hydrogen) atoms. The smallest absolute Gasteiger partial charge is 0.389 e. The van der Waals surface area contributed by atoms with Gasteiger partial charge in [0.15, 0.2) is 5.79 Å². The lowest BCUT2D eigenvalue weighted by Crippen LogP contribution is -2.48. The zero-order valence-corrected chi connectivity index (χ0v) is 25.6. The predicted octanol–water partition coefficient (Wildman–Crippen LogP) is 6.25. The molecule has 4 aliphatic rings. The molecule has 1 spiro atoms. The number of piperidine rings is 1. The minimum absolute atomic E-state index is 0.0684. The van der Waals surface area contributed by atoms with Crippen LogP contribution in [0.5, 0.6) is 5.75 Å². The number of rotatable bonds is 9. The molecule has 0 aromatic heterocycles. The first-order chi connectivity index (χ1) is 20.3. The van der Waals surface area contributed by atoms with E-state index in [4.69, 9.17) is 24.0 Å². The van der Waals surface area contributed by atoms with Crippen molar-refractivity contribution in [2.24, 2.45) is 16.8 Å². The molecule has 3 heterocycles. The number of nitrogens with one attached hydrogen (secondary N) is 1. The summed E-state index contributed by atoms with van der Waals surface area (Å²) in [5.41, 5.74) is 2.41. The molecule has 1 saturated carbocycles. The van der Waals surface area contributed by atoms with E-state index in [-0.39, 0.29) is 30.3 Å². The highest BCUT2D eigenvalue weighted by Gasteiger charge is 2.47. The molecular formula is C32H44F3N3O5. The molecule has 1 N–H and O–H groups in total. The number of alkyl halides is 3. The van der Waals surface area contributed by atoms with Crippen molar-refractivity contribution in [3.8, 4) is 5.75 Å². The number of hydrogen-bond donors (Lipinski definition) is 1. The van der Waals surface area contributed by atoms with Crippen molar-refractivity contribution >= 4 is 17.8 Å². The zero-order chi connectivity index (χ0) is 30.8. The van der Waals surface area contributed by atoms with Crippen LogP contribution in [0.25, 0.3) is 6.08 Å². The number of amidine groups is 1. The van der Waals surface area contributed by atoms with E-state index in [2.05, 4.69) is 5.32 Å². The molecular weight excluding hydrogens is 563 g/mol. The Morgan fingerprint density at radius 1 is 1.12 bits per heavy atom. The number of hydroxylamine groups is 2. The molecule has 0 unspecified atom stereocenters. The zero-order valence-electron chi connectivity index (χ0n) is 25.6. The minimum Gasteiger partial charge on any atom is -0.491 e. The maximum atomic E-state index is 13.0. The van der Waals surface area contributed by atoms with Gasteiger partial charge in [-0.2, -0.15) is 13.2 Å². The molecule has 0 bridgehead atoms. The SMILES string of the molecule is Cc1cc(OC[C@H]2COC(C)(C)O2)cc(C)c1/C=C/ON1CCC2(CC1)N=C(C1CCC(CCC(F)(F)F)CC1)NC2=O. The molecule has 1 atom stereocenters. The third-order valence-corrected chi connectivity index (χ3v) is 9.13. The summed E-state index contributed by atoms with van der Waals surface area (Å²) in [5.74, 6) is 1.07.